The van der Waals surface area contributed by atoms with Gasteiger partial charge in [0.25, 0.3) is 0 Å². The van der Waals surface area contributed by atoms with Crippen LogP contribution in [0.2, 0.25) is 0 Å². The highest BCUT2D eigenvalue weighted by Crippen LogP contribution is 2.22. The number of nitrogens with one attached hydrogen (secondary N) is 1. The molecule has 1 aromatic heterocycles. The number of anilines is 1. The first-order valence-corrected chi connectivity index (χ1v) is 6.77. The lowest BCUT2D eigenvalue weighted by Gasteiger charge is -2.10. The van der Waals surface area contributed by atoms with Crippen molar-refractivity contribution in [1.82, 2.24) is 9.55 Å². The Morgan fingerprint density at radius 1 is 1.26 bits per heavy atom. The van der Waals surface area contributed by atoms with Crippen LogP contribution in [0, 0.1) is 6.92 Å². The highest BCUT2D eigenvalue weighted by Gasteiger charge is 2.25. The van der Waals surface area contributed by atoms with Crippen LogP contribution < -0.4 is 5.32 Å². The molecule has 0 aliphatic carbocycles. The predicted octanol–water partition coefficient (Wildman–Crippen LogP) is 4.14. The number of halogens is 3. The average Bonchev–Trinajstić information content (AvgIpc) is 2.65. The SMILES string of the molecule is CCCCNc1nc(C)cn1CCCCC(F)(F)F. The largest absolute Gasteiger partial charge is 0.389 e. The van der Waals surface area contributed by atoms with Crippen molar-refractivity contribution in [2.24, 2.45) is 0 Å². The highest BCUT2D eigenvalue weighted by molar-refractivity contribution is 5.28. The number of hydrogen-bond donors (Lipinski definition) is 1. The summed E-state index contributed by atoms with van der Waals surface area (Å²) in [5.41, 5.74) is 0.884. The fourth-order valence-corrected chi connectivity index (χ4v) is 1.84. The molecule has 0 aromatic carbocycles. The Balaban J connectivity index is 2.39. The Bertz CT molecular complexity index is 372. The molecule has 0 saturated carbocycles. The molecule has 19 heavy (non-hydrogen) atoms. The van der Waals surface area contributed by atoms with Gasteiger partial charge in [-0.2, -0.15) is 13.2 Å². The van der Waals surface area contributed by atoms with Crippen LogP contribution >= 0.6 is 0 Å². The normalized spacial score (nSPS) is 11.8. The van der Waals surface area contributed by atoms with Crippen molar-refractivity contribution in [2.45, 2.75) is 58.7 Å². The second-order valence-electron chi connectivity index (χ2n) is 4.75. The summed E-state index contributed by atoms with van der Waals surface area (Å²) in [6.07, 6.45) is -0.0562. The van der Waals surface area contributed by atoms with Gasteiger partial charge in [-0.15, -0.1) is 0 Å². The van der Waals surface area contributed by atoms with Crippen LogP contribution in [-0.4, -0.2) is 22.3 Å². The van der Waals surface area contributed by atoms with Gasteiger partial charge in [0.2, 0.25) is 5.95 Å². The summed E-state index contributed by atoms with van der Waals surface area (Å²) in [7, 11) is 0. The summed E-state index contributed by atoms with van der Waals surface area (Å²) in [5.74, 6) is 0.762. The van der Waals surface area contributed by atoms with Gasteiger partial charge in [-0.3, -0.25) is 0 Å². The molecular formula is C13H22F3N3. The molecule has 0 atom stereocenters. The number of alkyl halides is 3. The summed E-state index contributed by atoms with van der Waals surface area (Å²) < 4.78 is 38.0. The van der Waals surface area contributed by atoms with E-state index in [1.165, 1.54) is 0 Å². The first kappa shape index (κ1) is 15.9. The molecule has 0 aliphatic rings. The molecule has 0 amide bonds. The number of imidazole rings is 1. The Hall–Kier alpha value is -1.20. The van der Waals surface area contributed by atoms with Crippen LogP contribution in [0.3, 0.4) is 0 Å². The molecule has 110 valence electrons. The maximum Gasteiger partial charge on any atom is 0.389 e. The van der Waals surface area contributed by atoms with Crippen molar-refractivity contribution in [1.29, 1.82) is 0 Å². The molecule has 0 bridgehead atoms. The molecular weight excluding hydrogens is 255 g/mol. The molecule has 0 spiro atoms. The number of aromatic nitrogens is 2. The van der Waals surface area contributed by atoms with Gasteiger partial charge in [0.05, 0.1) is 5.69 Å². The first-order valence-electron chi connectivity index (χ1n) is 6.77. The molecule has 6 heteroatoms. The minimum absolute atomic E-state index is 0.162. The zero-order chi connectivity index (χ0) is 14.3. The van der Waals surface area contributed by atoms with Crippen molar-refractivity contribution < 1.29 is 13.2 Å². The lowest BCUT2D eigenvalue weighted by atomic mass is 10.2. The third kappa shape index (κ3) is 6.50. The highest BCUT2D eigenvalue weighted by atomic mass is 19.4. The standard InChI is InChI=1S/C13H22F3N3/c1-3-4-8-17-12-18-11(2)10-19(12)9-6-5-7-13(14,15)16/h10H,3-9H2,1-2H3,(H,17,18). The van der Waals surface area contributed by atoms with Crippen LogP contribution in [0.15, 0.2) is 6.20 Å². The van der Waals surface area contributed by atoms with E-state index in [2.05, 4.69) is 17.2 Å². The van der Waals surface area contributed by atoms with Crippen LogP contribution in [-0.2, 0) is 6.54 Å². The van der Waals surface area contributed by atoms with Crippen molar-refractivity contribution in [3.05, 3.63) is 11.9 Å². The molecule has 1 heterocycles. The maximum absolute atomic E-state index is 12.0. The van der Waals surface area contributed by atoms with Crippen molar-refractivity contribution >= 4 is 5.95 Å². The van der Waals surface area contributed by atoms with E-state index >= 15 is 0 Å². The van der Waals surface area contributed by atoms with Gasteiger partial charge < -0.3 is 9.88 Å². The van der Waals surface area contributed by atoms with E-state index in [0.717, 1.165) is 31.0 Å². The maximum atomic E-state index is 12.0. The Morgan fingerprint density at radius 2 is 2.00 bits per heavy atom. The fraction of sp³-hybridized carbons (Fsp3) is 0.769. The lowest BCUT2D eigenvalue weighted by Crippen LogP contribution is -2.10. The zero-order valence-corrected chi connectivity index (χ0v) is 11.6. The molecule has 0 saturated heterocycles. The van der Waals surface area contributed by atoms with Crippen LogP contribution in [0.5, 0.6) is 0 Å². The Kier molecular flexibility index (Phi) is 6.18. The zero-order valence-electron chi connectivity index (χ0n) is 11.6. The summed E-state index contributed by atoms with van der Waals surface area (Å²) >= 11 is 0. The van der Waals surface area contributed by atoms with Gasteiger partial charge in [0.15, 0.2) is 0 Å². The first-order chi connectivity index (χ1) is 8.92. The lowest BCUT2D eigenvalue weighted by molar-refractivity contribution is -0.135. The molecule has 1 aromatic rings. The minimum atomic E-state index is -4.05. The van der Waals surface area contributed by atoms with Crippen molar-refractivity contribution in [3.63, 3.8) is 0 Å². The van der Waals surface area contributed by atoms with Gasteiger partial charge in [0.1, 0.15) is 0 Å². The minimum Gasteiger partial charge on any atom is -0.356 e. The third-order valence-electron chi connectivity index (χ3n) is 2.82. The van der Waals surface area contributed by atoms with Gasteiger partial charge in [-0.05, 0) is 26.2 Å². The van der Waals surface area contributed by atoms with Gasteiger partial charge in [0, 0.05) is 25.7 Å². The number of nitrogens with zero attached hydrogens (tertiary/aromatic N) is 2. The number of aryl methyl sites for hydroxylation is 2. The van der Waals surface area contributed by atoms with E-state index in [4.69, 9.17) is 0 Å². The molecule has 3 nitrogen and oxygen atoms in total. The van der Waals surface area contributed by atoms with E-state index in [9.17, 15) is 13.2 Å². The van der Waals surface area contributed by atoms with Crippen LogP contribution in [0.1, 0.15) is 44.7 Å². The van der Waals surface area contributed by atoms with Gasteiger partial charge in [-0.25, -0.2) is 4.98 Å². The Morgan fingerprint density at radius 3 is 2.63 bits per heavy atom. The van der Waals surface area contributed by atoms with E-state index < -0.39 is 12.6 Å². The molecule has 0 aliphatic heterocycles. The van der Waals surface area contributed by atoms with E-state index in [1.807, 2.05) is 17.7 Å². The summed E-state index contributed by atoms with van der Waals surface area (Å²) in [6, 6.07) is 0. The second kappa shape index (κ2) is 7.40. The van der Waals surface area contributed by atoms with Crippen molar-refractivity contribution in [3.8, 4) is 0 Å². The summed E-state index contributed by atoms with van der Waals surface area (Å²) in [4.78, 5) is 4.34. The molecule has 0 fully saturated rings. The average molecular weight is 277 g/mol. The molecule has 1 rings (SSSR count). The number of rotatable bonds is 8. The van der Waals surface area contributed by atoms with Gasteiger partial charge >= 0.3 is 6.18 Å². The summed E-state index contributed by atoms with van der Waals surface area (Å²) in [5, 5.41) is 3.22. The van der Waals surface area contributed by atoms with Gasteiger partial charge in [-0.1, -0.05) is 13.3 Å². The molecule has 1 N–H and O–H groups in total. The number of unbranched alkanes of at least 4 members (excludes halogenated alkanes) is 2. The van der Waals surface area contributed by atoms with Crippen molar-refractivity contribution in [2.75, 3.05) is 11.9 Å². The third-order valence-corrected chi connectivity index (χ3v) is 2.82. The quantitative estimate of drug-likeness (QED) is 0.724. The Labute approximate surface area is 112 Å². The van der Waals surface area contributed by atoms with Crippen LogP contribution in [0.25, 0.3) is 0 Å². The van der Waals surface area contributed by atoms with E-state index in [-0.39, 0.29) is 6.42 Å². The number of hydrogen-bond acceptors (Lipinski definition) is 2. The van der Waals surface area contributed by atoms with E-state index in [0.29, 0.717) is 13.0 Å². The fourth-order valence-electron chi connectivity index (χ4n) is 1.84. The predicted molar refractivity (Wildman–Crippen MR) is 70.3 cm³/mol. The monoisotopic (exact) mass is 277 g/mol. The molecule has 0 unspecified atom stereocenters. The molecule has 0 radical (unpaired) electrons. The van der Waals surface area contributed by atoms with Crippen LogP contribution in [0.4, 0.5) is 19.1 Å². The smallest absolute Gasteiger partial charge is 0.356 e. The second-order valence-corrected chi connectivity index (χ2v) is 4.75. The topological polar surface area (TPSA) is 29.9 Å². The van der Waals surface area contributed by atoms with E-state index in [1.54, 1.807) is 0 Å². The summed E-state index contributed by atoms with van der Waals surface area (Å²) in [6.45, 7) is 5.41.